The molecule has 0 aliphatic carbocycles. The molecule has 108 valence electrons. The Morgan fingerprint density at radius 1 is 1.14 bits per heavy atom. The lowest BCUT2D eigenvalue weighted by Crippen LogP contribution is -2.09. The van der Waals surface area contributed by atoms with Crippen LogP contribution in [0.25, 0.3) is 0 Å². The van der Waals surface area contributed by atoms with E-state index in [0.717, 1.165) is 6.07 Å². The number of para-hydroxylation sites is 1. The molecule has 1 N–H and O–H groups in total. The van der Waals surface area contributed by atoms with Crippen molar-refractivity contribution in [2.75, 3.05) is 5.32 Å². The number of anilines is 2. The van der Waals surface area contributed by atoms with Gasteiger partial charge in [0.2, 0.25) is 0 Å². The summed E-state index contributed by atoms with van der Waals surface area (Å²) in [5.74, 6) is 0. The molecule has 0 aliphatic rings. The minimum atomic E-state index is -4.46. The van der Waals surface area contributed by atoms with Gasteiger partial charge in [0.05, 0.1) is 28.2 Å². The molecular weight excluding hydrogens is 279 g/mol. The van der Waals surface area contributed by atoms with Crippen LogP contribution in [0.5, 0.6) is 0 Å². The van der Waals surface area contributed by atoms with Crippen molar-refractivity contribution in [1.29, 1.82) is 5.26 Å². The summed E-state index contributed by atoms with van der Waals surface area (Å²) >= 11 is 0. The Morgan fingerprint density at radius 2 is 1.81 bits per heavy atom. The number of nitrogens with one attached hydrogen (secondary N) is 1. The van der Waals surface area contributed by atoms with Crippen molar-refractivity contribution in [3.63, 3.8) is 0 Å². The highest BCUT2D eigenvalue weighted by atomic mass is 19.4. The third kappa shape index (κ3) is 3.14. The molecule has 0 saturated carbocycles. The Bertz CT molecular complexity index is 715. The monoisotopic (exact) mass is 291 g/mol. The molecule has 0 amide bonds. The molecule has 2 rings (SSSR count). The van der Waals surface area contributed by atoms with E-state index in [1.165, 1.54) is 18.2 Å². The number of hydrogen-bond acceptors (Lipinski definition) is 3. The van der Waals surface area contributed by atoms with E-state index < -0.39 is 11.7 Å². The van der Waals surface area contributed by atoms with Gasteiger partial charge in [0.1, 0.15) is 6.07 Å². The number of nitrogens with zero attached hydrogens (tertiary/aromatic N) is 2. The quantitative estimate of drug-likeness (QED) is 0.895. The number of hydrogen-bond donors (Lipinski definition) is 1. The van der Waals surface area contributed by atoms with Gasteiger partial charge < -0.3 is 5.32 Å². The normalized spacial score (nSPS) is 11.0. The van der Waals surface area contributed by atoms with Crippen LogP contribution in [0.2, 0.25) is 0 Å². The molecule has 0 unspecified atom stereocenters. The van der Waals surface area contributed by atoms with Crippen LogP contribution in [0.3, 0.4) is 0 Å². The molecular formula is C15H12F3N3. The molecule has 21 heavy (non-hydrogen) atoms. The number of pyridine rings is 1. The highest BCUT2D eigenvalue weighted by molar-refractivity contribution is 5.70. The average Bonchev–Trinajstić information content (AvgIpc) is 2.37. The first-order chi connectivity index (χ1) is 9.82. The molecule has 0 fully saturated rings. The van der Waals surface area contributed by atoms with Gasteiger partial charge in [-0.15, -0.1) is 0 Å². The molecule has 0 bridgehead atoms. The van der Waals surface area contributed by atoms with E-state index >= 15 is 0 Å². The van der Waals surface area contributed by atoms with Gasteiger partial charge in [0.15, 0.2) is 0 Å². The van der Waals surface area contributed by atoms with Crippen LogP contribution in [-0.4, -0.2) is 4.98 Å². The fourth-order valence-electron chi connectivity index (χ4n) is 2.05. The van der Waals surface area contributed by atoms with Crippen molar-refractivity contribution < 1.29 is 13.2 Å². The van der Waals surface area contributed by atoms with Gasteiger partial charge in [0.25, 0.3) is 0 Å². The summed E-state index contributed by atoms with van der Waals surface area (Å²) in [6.45, 7) is 3.36. The Hall–Kier alpha value is -2.55. The van der Waals surface area contributed by atoms with E-state index in [2.05, 4.69) is 10.3 Å². The summed E-state index contributed by atoms with van der Waals surface area (Å²) in [5.41, 5.74) is 0.785. The van der Waals surface area contributed by atoms with Crippen LogP contribution in [0.4, 0.5) is 24.5 Å². The molecule has 2 aromatic rings. The number of aryl methyl sites for hydroxylation is 2. The average molecular weight is 291 g/mol. The maximum Gasteiger partial charge on any atom is 0.418 e. The third-order valence-electron chi connectivity index (χ3n) is 2.94. The zero-order chi connectivity index (χ0) is 15.6. The molecule has 6 heteroatoms. The zero-order valence-electron chi connectivity index (χ0n) is 11.4. The van der Waals surface area contributed by atoms with Gasteiger partial charge in [-0.25, -0.2) is 0 Å². The summed E-state index contributed by atoms with van der Waals surface area (Å²) in [6, 6.07) is 8.67. The van der Waals surface area contributed by atoms with E-state index in [-0.39, 0.29) is 11.3 Å². The van der Waals surface area contributed by atoms with E-state index in [9.17, 15) is 13.2 Å². The van der Waals surface area contributed by atoms with E-state index in [1.807, 2.05) is 6.07 Å². The molecule has 0 spiro atoms. The van der Waals surface area contributed by atoms with Gasteiger partial charge in [-0.1, -0.05) is 12.1 Å². The van der Waals surface area contributed by atoms with Crippen LogP contribution < -0.4 is 5.32 Å². The standard InChI is InChI=1S/C15H12F3N3/c1-9-7-14(11(8-19)10(2)20-9)21-13-6-4-3-5-12(13)15(16,17)18/h3-7H,1-2H3,(H,20,21). The second kappa shape index (κ2) is 5.44. The predicted molar refractivity (Wildman–Crippen MR) is 73.2 cm³/mol. The second-order valence-electron chi connectivity index (χ2n) is 4.55. The number of aromatic nitrogens is 1. The van der Waals surface area contributed by atoms with Gasteiger partial charge in [-0.05, 0) is 32.0 Å². The van der Waals surface area contributed by atoms with Crippen LogP contribution in [0.1, 0.15) is 22.5 Å². The molecule has 0 saturated heterocycles. The number of nitriles is 1. The molecule has 0 atom stereocenters. The fourth-order valence-corrected chi connectivity index (χ4v) is 2.05. The van der Waals surface area contributed by atoms with Crippen molar-refractivity contribution in [3.05, 3.63) is 52.8 Å². The predicted octanol–water partition coefficient (Wildman–Crippen LogP) is 4.33. The first-order valence-electron chi connectivity index (χ1n) is 6.14. The largest absolute Gasteiger partial charge is 0.418 e. The number of halogens is 3. The Balaban J connectivity index is 2.52. The van der Waals surface area contributed by atoms with E-state index in [1.54, 1.807) is 19.9 Å². The lowest BCUT2D eigenvalue weighted by atomic mass is 10.1. The summed E-state index contributed by atoms with van der Waals surface area (Å²) in [5, 5.41) is 11.8. The number of rotatable bonds is 2. The highest BCUT2D eigenvalue weighted by Gasteiger charge is 2.33. The van der Waals surface area contributed by atoms with Gasteiger partial charge in [0, 0.05) is 5.69 Å². The fraction of sp³-hybridized carbons (Fsp3) is 0.200. The van der Waals surface area contributed by atoms with Crippen molar-refractivity contribution >= 4 is 11.4 Å². The Labute approximate surface area is 120 Å². The first-order valence-corrected chi connectivity index (χ1v) is 6.14. The minimum absolute atomic E-state index is 0.0912. The summed E-state index contributed by atoms with van der Waals surface area (Å²) < 4.78 is 38.9. The van der Waals surface area contributed by atoms with Crippen molar-refractivity contribution in [1.82, 2.24) is 4.98 Å². The van der Waals surface area contributed by atoms with Crippen LogP contribution in [-0.2, 0) is 6.18 Å². The lowest BCUT2D eigenvalue weighted by Gasteiger charge is -2.16. The Morgan fingerprint density at radius 3 is 2.43 bits per heavy atom. The van der Waals surface area contributed by atoms with Gasteiger partial charge in [-0.3, -0.25) is 4.98 Å². The summed E-state index contributed by atoms with van der Waals surface area (Å²) in [4.78, 5) is 4.13. The van der Waals surface area contributed by atoms with Crippen molar-refractivity contribution in [2.24, 2.45) is 0 Å². The second-order valence-corrected chi connectivity index (χ2v) is 4.55. The number of benzene rings is 1. The van der Waals surface area contributed by atoms with Crippen LogP contribution in [0, 0.1) is 25.2 Å². The minimum Gasteiger partial charge on any atom is -0.354 e. The van der Waals surface area contributed by atoms with Gasteiger partial charge in [-0.2, -0.15) is 18.4 Å². The van der Waals surface area contributed by atoms with Crippen molar-refractivity contribution in [2.45, 2.75) is 20.0 Å². The van der Waals surface area contributed by atoms with Crippen molar-refractivity contribution in [3.8, 4) is 6.07 Å². The lowest BCUT2D eigenvalue weighted by molar-refractivity contribution is -0.136. The van der Waals surface area contributed by atoms with Crippen LogP contribution in [0.15, 0.2) is 30.3 Å². The molecule has 0 aliphatic heterocycles. The summed E-state index contributed by atoms with van der Waals surface area (Å²) in [6.07, 6.45) is -4.46. The molecule has 1 heterocycles. The Kier molecular flexibility index (Phi) is 3.85. The smallest absolute Gasteiger partial charge is 0.354 e. The third-order valence-corrected chi connectivity index (χ3v) is 2.94. The SMILES string of the molecule is Cc1cc(Nc2ccccc2C(F)(F)F)c(C#N)c(C)n1. The summed E-state index contributed by atoms with van der Waals surface area (Å²) in [7, 11) is 0. The molecule has 1 aromatic carbocycles. The highest BCUT2D eigenvalue weighted by Crippen LogP contribution is 2.36. The van der Waals surface area contributed by atoms with E-state index in [0.29, 0.717) is 17.1 Å². The van der Waals surface area contributed by atoms with E-state index in [4.69, 9.17) is 5.26 Å². The molecule has 3 nitrogen and oxygen atoms in total. The maximum atomic E-state index is 13.0. The molecule has 0 radical (unpaired) electrons. The zero-order valence-corrected chi connectivity index (χ0v) is 11.4. The van der Waals surface area contributed by atoms with Gasteiger partial charge >= 0.3 is 6.18 Å². The maximum absolute atomic E-state index is 13.0. The number of alkyl halides is 3. The first kappa shape index (κ1) is 14.9. The van der Waals surface area contributed by atoms with Crippen LogP contribution >= 0.6 is 0 Å². The molecule has 1 aromatic heterocycles. The topological polar surface area (TPSA) is 48.7 Å².